The predicted molar refractivity (Wildman–Crippen MR) is 85.2 cm³/mol. The molecule has 2 aromatic heterocycles. The molecule has 0 spiro atoms. The number of anilines is 1. The Balaban J connectivity index is 1.95. The minimum atomic E-state index is 0.570. The third-order valence-corrected chi connectivity index (χ3v) is 3.83. The Morgan fingerprint density at radius 1 is 1.24 bits per heavy atom. The van der Waals surface area contributed by atoms with Crippen LogP contribution >= 0.6 is 0 Å². The van der Waals surface area contributed by atoms with Gasteiger partial charge in [-0.25, -0.2) is 9.67 Å². The average Bonchev–Trinajstić information content (AvgIpc) is 2.94. The highest BCUT2D eigenvalue weighted by atomic mass is 15.4. The average molecular weight is 283 g/mol. The van der Waals surface area contributed by atoms with Crippen LogP contribution in [0.25, 0.3) is 11.2 Å². The highest BCUT2D eigenvalue weighted by molar-refractivity contribution is 5.77. The molecule has 0 amide bonds. The molecule has 1 aromatic carbocycles. The first kappa shape index (κ1) is 13.7. The summed E-state index contributed by atoms with van der Waals surface area (Å²) in [5.41, 5.74) is 11.6. The van der Waals surface area contributed by atoms with Crippen molar-refractivity contribution in [3.8, 4) is 0 Å². The topological polar surface area (TPSA) is 61.7 Å². The monoisotopic (exact) mass is 283 g/mol. The Kier molecular flexibility index (Phi) is 3.41. The molecule has 0 saturated heterocycles. The number of aryl methyl sites for hydroxylation is 5. The summed E-state index contributed by atoms with van der Waals surface area (Å²) in [7, 11) is 0. The van der Waals surface area contributed by atoms with E-state index in [-0.39, 0.29) is 0 Å². The number of hydrogen-bond acceptors (Lipinski definition) is 3. The second-order valence-electron chi connectivity index (χ2n) is 5.43. The molecule has 110 valence electrons. The SMILES string of the molecule is CCn1nc(C)c2nc(N)n(CCc3cccc(C)c3)c21. The van der Waals surface area contributed by atoms with Crippen LogP contribution in [-0.2, 0) is 19.5 Å². The van der Waals surface area contributed by atoms with Crippen LogP contribution in [0.15, 0.2) is 24.3 Å². The Hall–Kier alpha value is -2.30. The van der Waals surface area contributed by atoms with Crippen LogP contribution in [0.4, 0.5) is 5.95 Å². The molecule has 5 heteroatoms. The number of nitrogens with two attached hydrogens (primary N) is 1. The number of nitrogens with zero attached hydrogens (tertiary/aromatic N) is 4. The summed E-state index contributed by atoms with van der Waals surface area (Å²) >= 11 is 0. The Labute approximate surface area is 124 Å². The van der Waals surface area contributed by atoms with Crippen LogP contribution in [-0.4, -0.2) is 19.3 Å². The van der Waals surface area contributed by atoms with Gasteiger partial charge in [0.25, 0.3) is 0 Å². The van der Waals surface area contributed by atoms with Crippen molar-refractivity contribution in [1.82, 2.24) is 19.3 Å². The number of hydrogen-bond donors (Lipinski definition) is 1. The fourth-order valence-electron chi connectivity index (χ4n) is 2.79. The highest BCUT2D eigenvalue weighted by Crippen LogP contribution is 2.21. The Bertz CT molecular complexity index is 781. The van der Waals surface area contributed by atoms with Crippen LogP contribution < -0.4 is 5.73 Å². The Morgan fingerprint density at radius 3 is 2.76 bits per heavy atom. The molecule has 0 aliphatic carbocycles. The van der Waals surface area contributed by atoms with Gasteiger partial charge >= 0.3 is 0 Å². The summed E-state index contributed by atoms with van der Waals surface area (Å²) in [6, 6.07) is 8.58. The van der Waals surface area contributed by atoms with E-state index < -0.39 is 0 Å². The van der Waals surface area contributed by atoms with E-state index in [1.165, 1.54) is 11.1 Å². The van der Waals surface area contributed by atoms with Gasteiger partial charge in [-0.2, -0.15) is 5.10 Å². The molecule has 0 aliphatic heterocycles. The summed E-state index contributed by atoms with van der Waals surface area (Å²) in [6.07, 6.45) is 0.936. The maximum atomic E-state index is 6.10. The lowest BCUT2D eigenvalue weighted by atomic mass is 10.1. The molecule has 0 bridgehead atoms. The first-order valence-electron chi connectivity index (χ1n) is 7.34. The number of imidazole rings is 1. The molecule has 5 nitrogen and oxygen atoms in total. The summed E-state index contributed by atoms with van der Waals surface area (Å²) in [5.74, 6) is 0.570. The van der Waals surface area contributed by atoms with E-state index in [1.807, 2.05) is 11.6 Å². The number of fused-ring (bicyclic) bond motifs is 1. The zero-order chi connectivity index (χ0) is 15.0. The van der Waals surface area contributed by atoms with Gasteiger partial charge in [0.05, 0.1) is 5.69 Å². The zero-order valence-electron chi connectivity index (χ0n) is 12.8. The summed E-state index contributed by atoms with van der Waals surface area (Å²) < 4.78 is 4.05. The molecule has 0 fully saturated rings. The molecular weight excluding hydrogens is 262 g/mol. The molecule has 0 aliphatic rings. The molecule has 3 aromatic rings. The van der Waals surface area contributed by atoms with Crippen molar-refractivity contribution in [3.05, 3.63) is 41.1 Å². The lowest BCUT2D eigenvalue weighted by Gasteiger charge is -2.08. The van der Waals surface area contributed by atoms with E-state index in [2.05, 4.69) is 52.8 Å². The van der Waals surface area contributed by atoms with Crippen LogP contribution in [0.3, 0.4) is 0 Å². The molecule has 3 rings (SSSR count). The van der Waals surface area contributed by atoms with Gasteiger partial charge < -0.3 is 5.73 Å². The van der Waals surface area contributed by atoms with Gasteiger partial charge in [0.15, 0.2) is 5.65 Å². The van der Waals surface area contributed by atoms with Gasteiger partial charge in [-0.1, -0.05) is 29.8 Å². The minimum Gasteiger partial charge on any atom is -0.369 e. The van der Waals surface area contributed by atoms with E-state index >= 15 is 0 Å². The molecular formula is C16H21N5. The highest BCUT2D eigenvalue weighted by Gasteiger charge is 2.16. The van der Waals surface area contributed by atoms with Gasteiger partial charge in [0.2, 0.25) is 5.95 Å². The molecule has 0 atom stereocenters. The van der Waals surface area contributed by atoms with Crippen molar-refractivity contribution in [3.63, 3.8) is 0 Å². The first-order chi connectivity index (χ1) is 10.1. The van der Waals surface area contributed by atoms with E-state index in [9.17, 15) is 0 Å². The fraction of sp³-hybridized carbons (Fsp3) is 0.375. The van der Waals surface area contributed by atoms with Gasteiger partial charge in [-0.15, -0.1) is 0 Å². The third-order valence-electron chi connectivity index (χ3n) is 3.83. The van der Waals surface area contributed by atoms with Crippen LogP contribution in [0.1, 0.15) is 23.7 Å². The quantitative estimate of drug-likeness (QED) is 0.800. The number of nitrogen functional groups attached to an aromatic ring is 1. The van der Waals surface area contributed by atoms with Crippen molar-refractivity contribution in [1.29, 1.82) is 0 Å². The fourth-order valence-corrected chi connectivity index (χ4v) is 2.79. The molecule has 0 saturated carbocycles. The second kappa shape index (κ2) is 5.24. The zero-order valence-corrected chi connectivity index (χ0v) is 12.8. The second-order valence-corrected chi connectivity index (χ2v) is 5.43. The molecule has 0 radical (unpaired) electrons. The smallest absolute Gasteiger partial charge is 0.202 e. The molecule has 21 heavy (non-hydrogen) atoms. The Morgan fingerprint density at radius 2 is 2.05 bits per heavy atom. The minimum absolute atomic E-state index is 0.570. The summed E-state index contributed by atoms with van der Waals surface area (Å²) in [4.78, 5) is 4.47. The largest absolute Gasteiger partial charge is 0.369 e. The van der Waals surface area contributed by atoms with E-state index in [4.69, 9.17) is 5.73 Å². The van der Waals surface area contributed by atoms with Crippen LogP contribution in [0, 0.1) is 13.8 Å². The molecule has 0 unspecified atom stereocenters. The van der Waals surface area contributed by atoms with Gasteiger partial charge in [-0.05, 0) is 32.8 Å². The van der Waals surface area contributed by atoms with Gasteiger partial charge in [0, 0.05) is 13.1 Å². The van der Waals surface area contributed by atoms with Crippen LogP contribution in [0.5, 0.6) is 0 Å². The molecule has 2 N–H and O–H groups in total. The molecule has 2 heterocycles. The maximum Gasteiger partial charge on any atom is 0.202 e. The van der Waals surface area contributed by atoms with E-state index in [0.29, 0.717) is 5.95 Å². The summed E-state index contributed by atoms with van der Waals surface area (Å²) in [5, 5.41) is 4.52. The number of aromatic nitrogens is 4. The van der Waals surface area contributed by atoms with Crippen molar-refractivity contribution in [2.45, 2.75) is 40.3 Å². The number of rotatable bonds is 4. The standard InChI is InChI=1S/C16H21N5/c1-4-21-15-14(12(3)19-21)18-16(17)20(15)9-8-13-7-5-6-11(2)10-13/h5-7,10H,4,8-9H2,1-3H3,(H2,17,18). The van der Waals surface area contributed by atoms with Gasteiger partial charge in [0.1, 0.15) is 5.52 Å². The third kappa shape index (κ3) is 2.39. The number of benzene rings is 1. The lowest BCUT2D eigenvalue weighted by Crippen LogP contribution is -2.10. The van der Waals surface area contributed by atoms with Crippen molar-refractivity contribution >= 4 is 17.1 Å². The predicted octanol–water partition coefficient (Wildman–Crippen LogP) is 2.69. The van der Waals surface area contributed by atoms with Crippen molar-refractivity contribution in [2.24, 2.45) is 0 Å². The normalized spacial score (nSPS) is 11.4. The maximum absolute atomic E-state index is 6.10. The lowest BCUT2D eigenvalue weighted by molar-refractivity contribution is 0.631. The van der Waals surface area contributed by atoms with Crippen LogP contribution in [0.2, 0.25) is 0 Å². The van der Waals surface area contributed by atoms with E-state index in [1.54, 1.807) is 0 Å². The van der Waals surface area contributed by atoms with E-state index in [0.717, 1.165) is 36.4 Å². The van der Waals surface area contributed by atoms with Crippen molar-refractivity contribution in [2.75, 3.05) is 5.73 Å². The van der Waals surface area contributed by atoms with Gasteiger partial charge in [-0.3, -0.25) is 4.57 Å². The van der Waals surface area contributed by atoms with Crippen molar-refractivity contribution < 1.29 is 0 Å². The summed E-state index contributed by atoms with van der Waals surface area (Å²) in [6.45, 7) is 7.81. The first-order valence-corrected chi connectivity index (χ1v) is 7.34.